The van der Waals surface area contributed by atoms with Gasteiger partial charge in [-0.2, -0.15) is 0 Å². The molecule has 0 spiro atoms. The molecule has 0 bridgehead atoms. The lowest BCUT2D eigenvalue weighted by Gasteiger charge is -2.16. The minimum Gasteiger partial charge on any atom is -0.508 e. The summed E-state index contributed by atoms with van der Waals surface area (Å²) >= 11 is 0. The van der Waals surface area contributed by atoms with Gasteiger partial charge in [-0.25, -0.2) is 0 Å². The number of ether oxygens (including phenoxy) is 1. The molecule has 3 aromatic rings. The number of allylic oxidation sites excluding steroid dienone is 1. The molecule has 0 amide bonds. The average molecular weight is 388 g/mol. The SMILES string of the molecule is COc1cc(-c2cc(C)c(-c3ccc(O)cc3)cc2C)ccc1NCC=C(C)C. The van der Waals surface area contributed by atoms with Crippen molar-refractivity contribution in [3.8, 4) is 33.8 Å². The van der Waals surface area contributed by atoms with Gasteiger partial charge >= 0.3 is 0 Å². The highest BCUT2D eigenvalue weighted by molar-refractivity contribution is 5.78. The molecule has 29 heavy (non-hydrogen) atoms. The number of aromatic hydroxyl groups is 1. The Morgan fingerprint density at radius 3 is 2.07 bits per heavy atom. The van der Waals surface area contributed by atoms with E-state index in [0.717, 1.165) is 29.1 Å². The van der Waals surface area contributed by atoms with Gasteiger partial charge in [0.25, 0.3) is 0 Å². The summed E-state index contributed by atoms with van der Waals surface area (Å²) < 4.78 is 5.63. The summed E-state index contributed by atoms with van der Waals surface area (Å²) in [5.41, 5.74) is 9.28. The predicted molar refractivity (Wildman–Crippen MR) is 123 cm³/mol. The Kier molecular flexibility index (Phi) is 6.28. The number of phenolic OH excluding ortho intramolecular Hbond substituents is 1. The summed E-state index contributed by atoms with van der Waals surface area (Å²) in [5, 5.41) is 13.0. The Morgan fingerprint density at radius 1 is 0.897 bits per heavy atom. The Balaban J connectivity index is 1.95. The molecule has 0 saturated heterocycles. The zero-order chi connectivity index (χ0) is 21.0. The molecule has 0 fully saturated rings. The number of methoxy groups -OCH3 is 1. The maximum Gasteiger partial charge on any atom is 0.142 e. The van der Waals surface area contributed by atoms with E-state index in [9.17, 15) is 5.11 Å². The van der Waals surface area contributed by atoms with E-state index in [4.69, 9.17) is 4.74 Å². The van der Waals surface area contributed by atoms with Crippen molar-refractivity contribution in [2.75, 3.05) is 19.0 Å². The Morgan fingerprint density at radius 2 is 1.48 bits per heavy atom. The molecule has 3 heteroatoms. The Bertz CT molecular complexity index is 1030. The van der Waals surface area contributed by atoms with Gasteiger partial charge in [-0.05, 0) is 85.3 Å². The van der Waals surface area contributed by atoms with E-state index < -0.39 is 0 Å². The van der Waals surface area contributed by atoms with Crippen LogP contribution in [0, 0.1) is 13.8 Å². The lowest BCUT2D eigenvalue weighted by Crippen LogP contribution is -2.01. The lowest BCUT2D eigenvalue weighted by molar-refractivity contribution is 0.416. The largest absolute Gasteiger partial charge is 0.508 e. The first kappa shape index (κ1) is 20.5. The van der Waals surface area contributed by atoms with E-state index in [1.165, 1.54) is 27.8 Å². The van der Waals surface area contributed by atoms with Gasteiger partial charge in [-0.15, -0.1) is 0 Å². The number of benzene rings is 3. The first-order valence-corrected chi connectivity index (χ1v) is 9.85. The van der Waals surface area contributed by atoms with E-state index in [1.807, 2.05) is 12.1 Å². The van der Waals surface area contributed by atoms with Crippen molar-refractivity contribution in [3.63, 3.8) is 0 Å². The van der Waals surface area contributed by atoms with Gasteiger partial charge in [0.05, 0.1) is 12.8 Å². The number of hydrogen-bond donors (Lipinski definition) is 2. The van der Waals surface area contributed by atoms with Gasteiger partial charge < -0.3 is 15.2 Å². The third-order valence-electron chi connectivity index (χ3n) is 5.07. The molecule has 0 heterocycles. The summed E-state index contributed by atoms with van der Waals surface area (Å²) in [4.78, 5) is 0. The number of anilines is 1. The van der Waals surface area contributed by atoms with Crippen molar-refractivity contribution in [2.45, 2.75) is 27.7 Å². The molecule has 0 aliphatic carbocycles. The van der Waals surface area contributed by atoms with Crippen LogP contribution >= 0.6 is 0 Å². The molecule has 0 unspecified atom stereocenters. The highest BCUT2D eigenvalue weighted by Crippen LogP contribution is 2.36. The van der Waals surface area contributed by atoms with Crippen molar-refractivity contribution in [3.05, 3.63) is 77.4 Å². The molecule has 3 nitrogen and oxygen atoms in total. The van der Waals surface area contributed by atoms with Gasteiger partial charge in [0, 0.05) is 6.54 Å². The van der Waals surface area contributed by atoms with Gasteiger partial charge in [-0.3, -0.25) is 0 Å². The molecule has 0 aromatic heterocycles. The second-order valence-corrected chi connectivity index (χ2v) is 7.61. The standard InChI is InChI=1S/C26H29NO2/c1-17(2)12-13-27-25-11-8-21(16-26(25)29-5)24-15-18(3)23(14-19(24)4)20-6-9-22(28)10-7-20/h6-12,14-16,27-28H,13H2,1-5H3. The monoisotopic (exact) mass is 387 g/mol. The van der Waals surface area contributed by atoms with Gasteiger partial charge in [-0.1, -0.05) is 42.0 Å². The highest BCUT2D eigenvalue weighted by atomic mass is 16.5. The molecule has 0 aliphatic heterocycles. The molecular formula is C26H29NO2. The first-order valence-electron chi connectivity index (χ1n) is 9.85. The van der Waals surface area contributed by atoms with Crippen molar-refractivity contribution < 1.29 is 9.84 Å². The van der Waals surface area contributed by atoms with Crippen LogP contribution in [0.5, 0.6) is 11.5 Å². The van der Waals surface area contributed by atoms with E-state index >= 15 is 0 Å². The number of hydrogen-bond acceptors (Lipinski definition) is 3. The molecule has 0 saturated carbocycles. The van der Waals surface area contributed by atoms with Crippen molar-refractivity contribution >= 4 is 5.69 Å². The van der Waals surface area contributed by atoms with Crippen LogP contribution in [0.2, 0.25) is 0 Å². The number of rotatable bonds is 6. The predicted octanol–water partition coefficient (Wildman–Crippen LogP) is 6.73. The van der Waals surface area contributed by atoms with Gasteiger partial charge in [0.15, 0.2) is 0 Å². The maximum absolute atomic E-state index is 9.55. The molecule has 0 aliphatic rings. The fraction of sp³-hybridized carbons (Fsp3) is 0.231. The van der Waals surface area contributed by atoms with Crippen LogP contribution < -0.4 is 10.1 Å². The fourth-order valence-corrected chi connectivity index (χ4v) is 3.45. The lowest BCUT2D eigenvalue weighted by atomic mass is 9.91. The van der Waals surface area contributed by atoms with Crippen LogP contribution in [0.25, 0.3) is 22.3 Å². The smallest absolute Gasteiger partial charge is 0.142 e. The molecule has 0 atom stereocenters. The Hall–Kier alpha value is -3.20. The van der Waals surface area contributed by atoms with Crippen LogP contribution in [0.3, 0.4) is 0 Å². The quantitative estimate of drug-likeness (QED) is 0.461. The summed E-state index contributed by atoms with van der Waals surface area (Å²) in [5.74, 6) is 1.12. The minimum atomic E-state index is 0.283. The number of aryl methyl sites for hydroxylation is 2. The van der Waals surface area contributed by atoms with Gasteiger partial charge in [0.1, 0.15) is 11.5 Å². The first-order chi connectivity index (χ1) is 13.9. The third kappa shape index (κ3) is 4.80. The minimum absolute atomic E-state index is 0.283. The average Bonchev–Trinajstić information content (AvgIpc) is 2.70. The molecule has 150 valence electrons. The van der Waals surface area contributed by atoms with Crippen LogP contribution in [-0.4, -0.2) is 18.8 Å². The van der Waals surface area contributed by atoms with Crippen LogP contribution in [0.4, 0.5) is 5.69 Å². The molecule has 3 rings (SSSR count). The van der Waals surface area contributed by atoms with E-state index in [0.29, 0.717) is 0 Å². The normalized spacial score (nSPS) is 10.5. The summed E-state index contributed by atoms with van der Waals surface area (Å²) in [6.45, 7) is 9.21. The van der Waals surface area contributed by atoms with Crippen molar-refractivity contribution in [1.82, 2.24) is 0 Å². The van der Waals surface area contributed by atoms with E-state index in [1.54, 1.807) is 19.2 Å². The zero-order valence-corrected chi connectivity index (χ0v) is 17.8. The Labute approximate surface area is 173 Å². The number of nitrogens with one attached hydrogen (secondary N) is 1. The molecule has 2 N–H and O–H groups in total. The zero-order valence-electron chi connectivity index (χ0n) is 17.8. The molecule has 0 radical (unpaired) electrons. The highest BCUT2D eigenvalue weighted by Gasteiger charge is 2.11. The summed E-state index contributed by atoms with van der Waals surface area (Å²) in [7, 11) is 1.71. The molecule has 3 aromatic carbocycles. The van der Waals surface area contributed by atoms with Crippen LogP contribution in [-0.2, 0) is 0 Å². The summed E-state index contributed by atoms with van der Waals surface area (Å²) in [6.07, 6.45) is 2.16. The van der Waals surface area contributed by atoms with Crippen molar-refractivity contribution in [2.24, 2.45) is 0 Å². The molecular weight excluding hydrogens is 358 g/mol. The maximum atomic E-state index is 9.55. The van der Waals surface area contributed by atoms with Crippen LogP contribution in [0.15, 0.2) is 66.2 Å². The van der Waals surface area contributed by atoms with E-state index in [2.05, 4.69) is 69.4 Å². The summed E-state index contributed by atoms with van der Waals surface area (Å²) in [6, 6.07) is 18.1. The second kappa shape index (κ2) is 8.87. The number of phenols is 1. The van der Waals surface area contributed by atoms with E-state index in [-0.39, 0.29) is 5.75 Å². The van der Waals surface area contributed by atoms with Crippen molar-refractivity contribution in [1.29, 1.82) is 0 Å². The van der Waals surface area contributed by atoms with Crippen LogP contribution in [0.1, 0.15) is 25.0 Å². The second-order valence-electron chi connectivity index (χ2n) is 7.61. The third-order valence-corrected chi connectivity index (χ3v) is 5.07. The topological polar surface area (TPSA) is 41.5 Å². The fourth-order valence-electron chi connectivity index (χ4n) is 3.45. The van der Waals surface area contributed by atoms with Gasteiger partial charge in [0.2, 0.25) is 0 Å².